The van der Waals surface area contributed by atoms with Crippen molar-refractivity contribution in [3.8, 4) is 0 Å². The van der Waals surface area contributed by atoms with E-state index in [1.165, 1.54) is 11.8 Å². The zero-order valence-electron chi connectivity index (χ0n) is 11.0. The molecule has 0 radical (unpaired) electrons. The first-order chi connectivity index (χ1) is 9.54. The summed E-state index contributed by atoms with van der Waals surface area (Å²) in [5.74, 6) is -0.657. The second-order valence-electron chi connectivity index (χ2n) is 4.07. The van der Waals surface area contributed by atoms with Crippen molar-refractivity contribution in [2.45, 2.75) is 19.0 Å². The third-order valence-corrected chi connectivity index (χ3v) is 3.61. The second-order valence-corrected chi connectivity index (χ2v) is 5.46. The number of amides is 2. The van der Waals surface area contributed by atoms with Crippen molar-refractivity contribution < 1.29 is 14.7 Å². The Morgan fingerprint density at radius 2 is 2.10 bits per heavy atom. The van der Waals surface area contributed by atoms with Crippen molar-refractivity contribution in [3.05, 3.63) is 34.9 Å². The van der Waals surface area contributed by atoms with Gasteiger partial charge in [-0.15, -0.1) is 0 Å². The van der Waals surface area contributed by atoms with Gasteiger partial charge in [0.15, 0.2) is 0 Å². The highest BCUT2D eigenvalue weighted by Gasteiger charge is 2.13. The highest BCUT2D eigenvalue weighted by molar-refractivity contribution is 7.98. The molecule has 0 bridgehead atoms. The maximum Gasteiger partial charge on any atom is 0.315 e. The predicted molar refractivity (Wildman–Crippen MR) is 78.6 cm³/mol. The normalized spacial score (nSPS) is 11.7. The van der Waals surface area contributed by atoms with E-state index in [2.05, 4.69) is 10.6 Å². The highest BCUT2D eigenvalue weighted by Crippen LogP contribution is 2.14. The molecular weight excluding hydrogens is 300 g/mol. The van der Waals surface area contributed by atoms with Gasteiger partial charge in [0.1, 0.15) is 0 Å². The molecule has 5 nitrogen and oxygen atoms in total. The van der Waals surface area contributed by atoms with Crippen LogP contribution in [-0.2, 0) is 11.3 Å². The zero-order chi connectivity index (χ0) is 15.0. The molecule has 0 aromatic heterocycles. The minimum Gasteiger partial charge on any atom is -0.548 e. The number of carbonyl (C=O) groups excluding carboxylic acids is 2. The molecule has 2 amide bonds. The molecule has 2 N–H and O–H groups in total. The Bertz CT molecular complexity index is 471. The number of carboxylic acid groups (broad SMARTS) is 1. The quantitative estimate of drug-likeness (QED) is 0.787. The van der Waals surface area contributed by atoms with Crippen LogP contribution in [0.3, 0.4) is 0 Å². The smallest absolute Gasteiger partial charge is 0.315 e. The Morgan fingerprint density at radius 1 is 1.40 bits per heavy atom. The van der Waals surface area contributed by atoms with Crippen LogP contribution in [0.2, 0.25) is 5.02 Å². The summed E-state index contributed by atoms with van der Waals surface area (Å²) in [7, 11) is 0. The van der Waals surface area contributed by atoms with E-state index in [0.29, 0.717) is 17.2 Å². The van der Waals surface area contributed by atoms with E-state index in [0.717, 1.165) is 5.56 Å². The van der Waals surface area contributed by atoms with E-state index < -0.39 is 18.0 Å². The Kier molecular flexibility index (Phi) is 7.25. The monoisotopic (exact) mass is 315 g/mol. The number of hydrogen-bond donors (Lipinski definition) is 2. The van der Waals surface area contributed by atoms with Gasteiger partial charge in [0.05, 0.1) is 12.0 Å². The van der Waals surface area contributed by atoms with Crippen LogP contribution >= 0.6 is 23.4 Å². The molecule has 0 unspecified atom stereocenters. The lowest BCUT2D eigenvalue weighted by atomic mass is 10.2. The van der Waals surface area contributed by atoms with Gasteiger partial charge in [0.2, 0.25) is 0 Å². The fourth-order valence-corrected chi connectivity index (χ4v) is 2.19. The van der Waals surface area contributed by atoms with Crippen LogP contribution in [0.25, 0.3) is 0 Å². The first-order valence-electron chi connectivity index (χ1n) is 6.02. The topological polar surface area (TPSA) is 81.3 Å². The Morgan fingerprint density at radius 3 is 2.70 bits per heavy atom. The molecule has 0 spiro atoms. The first-order valence-corrected chi connectivity index (χ1v) is 7.79. The lowest BCUT2D eigenvalue weighted by Gasteiger charge is -2.19. The van der Waals surface area contributed by atoms with E-state index >= 15 is 0 Å². The zero-order valence-corrected chi connectivity index (χ0v) is 12.6. The molecule has 0 saturated heterocycles. The van der Waals surface area contributed by atoms with Crippen LogP contribution in [0, 0.1) is 0 Å². The van der Waals surface area contributed by atoms with Crippen LogP contribution < -0.4 is 15.7 Å². The van der Waals surface area contributed by atoms with Crippen molar-refractivity contribution in [1.29, 1.82) is 0 Å². The fourth-order valence-electron chi connectivity index (χ4n) is 1.51. The Balaban J connectivity index is 2.46. The summed E-state index contributed by atoms with van der Waals surface area (Å²) in [6.07, 6.45) is 2.19. The molecule has 1 atom stereocenters. The van der Waals surface area contributed by atoms with Crippen LogP contribution in [0.1, 0.15) is 12.0 Å². The number of carbonyl (C=O) groups is 2. The second kappa shape index (κ2) is 8.71. The number of urea groups is 1. The molecule has 0 heterocycles. The Hall–Kier alpha value is -1.40. The molecule has 0 fully saturated rings. The molecule has 1 rings (SSSR count). The predicted octanol–water partition coefficient (Wildman–Crippen LogP) is 1.01. The van der Waals surface area contributed by atoms with E-state index in [9.17, 15) is 14.7 Å². The van der Waals surface area contributed by atoms with Crippen molar-refractivity contribution in [2.75, 3.05) is 12.0 Å². The van der Waals surface area contributed by atoms with Crippen LogP contribution in [-0.4, -0.2) is 30.1 Å². The molecule has 0 aliphatic carbocycles. The first kappa shape index (κ1) is 16.7. The van der Waals surface area contributed by atoms with Gasteiger partial charge >= 0.3 is 6.03 Å². The average molecular weight is 316 g/mol. The van der Waals surface area contributed by atoms with Gasteiger partial charge in [-0.2, -0.15) is 11.8 Å². The maximum absolute atomic E-state index is 11.6. The number of halogens is 1. The van der Waals surface area contributed by atoms with Gasteiger partial charge < -0.3 is 20.5 Å². The van der Waals surface area contributed by atoms with Crippen LogP contribution in [0.15, 0.2) is 24.3 Å². The third kappa shape index (κ3) is 5.71. The van der Waals surface area contributed by atoms with Crippen molar-refractivity contribution in [3.63, 3.8) is 0 Å². The number of rotatable bonds is 7. The SMILES string of the molecule is CSCC[C@H](NC(=O)NCc1ccccc1Cl)C(=O)[O-]. The molecular formula is C13H16ClN2O3S-. The van der Waals surface area contributed by atoms with Gasteiger partial charge in [0, 0.05) is 11.6 Å². The highest BCUT2D eigenvalue weighted by atomic mass is 35.5. The lowest BCUT2D eigenvalue weighted by Crippen LogP contribution is -2.51. The molecule has 7 heteroatoms. The summed E-state index contributed by atoms with van der Waals surface area (Å²) < 4.78 is 0. The number of carboxylic acids is 1. The average Bonchev–Trinajstić information content (AvgIpc) is 2.42. The molecule has 20 heavy (non-hydrogen) atoms. The van der Waals surface area contributed by atoms with Crippen molar-refractivity contribution in [2.24, 2.45) is 0 Å². The standard InChI is InChI=1S/C13H17ClN2O3S/c1-20-7-6-11(12(17)18)16-13(19)15-8-9-4-2-3-5-10(9)14/h2-5,11H,6-8H2,1H3,(H,17,18)(H2,15,16,19)/p-1/t11-/m0/s1. The molecule has 0 saturated carbocycles. The summed E-state index contributed by atoms with van der Waals surface area (Å²) in [4.78, 5) is 22.5. The maximum atomic E-state index is 11.6. The molecule has 110 valence electrons. The molecule has 0 aliphatic heterocycles. The minimum atomic E-state index is -1.29. The lowest BCUT2D eigenvalue weighted by molar-refractivity contribution is -0.308. The fraction of sp³-hybridized carbons (Fsp3) is 0.385. The van der Waals surface area contributed by atoms with Gasteiger partial charge in [0.25, 0.3) is 0 Å². The third-order valence-electron chi connectivity index (χ3n) is 2.60. The van der Waals surface area contributed by atoms with Crippen molar-refractivity contribution >= 4 is 35.4 Å². The Labute approximate surface area is 127 Å². The van der Waals surface area contributed by atoms with E-state index in [1.54, 1.807) is 18.2 Å². The molecule has 0 aliphatic rings. The summed E-state index contributed by atoms with van der Waals surface area (Å²) in [6.45, 7) is 0.230. The van der Waals surface area contributed by atoms with Gasteiger partial charge in [-0.25, -0.2) is 4.79 Å². The van der Waals surface area contributed by atoms with Crippen LogP contribution in [0.4, 0.5) is 4.79 Å². The van der Waals surface area contributed by atoms with Gasteiger partial charge in [-0.1, -0.05) is 29.8 Å². The number of thioether (sulfide) groups is 1. The summed E-state index contributed by atoms with van der Waals surface area (Å²) in [5, 5.41) is 16.4. The number of nitrogens with one attached hydrogen (secondary N) is 2. The van der Waals surface area contributed by atoms with E-state index in [1.807, 2.05) is 12.3 Å². The number of hydrogen-bond acceptors (Lipinski definition) is 4. The minimum absolute atomic E-state index is 0.230. The summed E-state index contributed by atoms with van der Waals surface area (Å²) in [5.41, 5.74) is 0.762. The molecule has 1 aromatic carbocycles. The summed E-state index contributed by atoms with van der Waals surface area (Å²) in [6, 6.07) is 5.56. The van der Waals surface area contributed by atoms with Crippen molar-refractivity contribution in [1.82, 2.24) is 10.6 Å². The molecule has 1 aromatic rings. The van der Waals surface area contributed by atoms with E-state index in [-0.39, 0.29) is 6.54 Å². The van der Waals surface area contributed by atoms with E-state index in [4.69, 9.17) is 11.6 Å². The largest absolute Gasteiger partial charge is 0.548 e. The van der Waals surface area contributed by atoms with Gasteiger partial charge in [-0.3, -0.25) is 0 Å². The van der Waals surface area contributed by atoms with Crippen LogP contribution in [0.5, 0.6) is 0 Å². The number of benzene rings is 1. The number of aliphatic carboxylic acids is 1. The summed E-state index contributed by atoms with van der Waals surface area (Å²) >= 11 is 7.46. The van der Waals surface area contributed by atoms with Gasteiger partial charge in [-0.05, 0) is 30.1 Å².